The molecule has 14 heavy (non-hydrogen) atoms. The van der Waals surface area contributed by atoms with Gasteiger partial charge in [-0.15, -0.1) is 0 Å². The van der Waals surface area contributed by atoms with E-state index in [1.165, 1.54) is 11.5 Å². The molecule has 0 saturated heterocycles. The zero-order valence-electron chi connectivity index (χ0n) is 8.31. The highest BCUT2D eigenvalue weighted by Crippen LogP contribution is 2.04. The van der Waals surface area contributed by atoms with Crippen molar-refractivity contribution in [1.29, 1.82) is 0 Å². The number of hydrogen-bond donors (Lipinski definition) is 0. The molecule has 0 aliphatic heterocycles. The molecule has 1 heterocycles. The third-order valence-corrected chi connectivity index (χ3v) is 3.64. The molecule has 1 rings (SSSR count). The lowest BCUT2D eigenvalue weighted by molar-refractivity contribution is 0.590. The van der Waals surface area contributed by atoms with E-state index in [9.17, 15) is 13.2 Å². The van der Waals surface area contributed by atoms with Crippen molar-refractivity contribution in [1.82, 2.24) is 9.55 Å². The van der Waals surface area contributed by atoms with E-state index in [0.29, 0.717) is 5.82 Å². The molecule has 0 saturated carbocycles. The number of sulfone groups is 1. The van der Waals surface area contributed by atoms with Gasteiger partial charge in [-0.3, -0.25) is 9.36 Å². The third-order valence-electron chi connectivity index (χ3n) is 2.03. The second-order valence-electron chi connectivity index (χ2n) is 2.94. The Morgan fingerprint density at radius 1 is 1.50 bits per heavy atom. The van der Waals surface area contributed by atoms with Crippen LogP contribution in [0.3, 0.4) is 0 Å². The molecule has 0 unspecified atom stereocenters. The van der Waals surface area contributed by atoms with E-state index in [4.69, 9.17) is 0 Å². The fourth-order valence-electron chi connectivity index (χ4n) is 0.936. The van der Waals surface area contributed by atoms with Gasteiger partial charge in [-0.05, 0) is 6.92 Å². The second kappa shape index (κ2) is 3.53. The van der Waals surface area contributed by atoms with E-state index in [1.807, 2.05) is 0 Å². The number of rotatable bonds is 2. The Bertz CT molecular complexity index is 502. The maximum Gasteiger partial charge on any atom is 0.254 e. The predicted molar refractivity (Wildman–Crippen MR) is 51.9 cm³/mol. The summed E-state index contributed by atoms with van der Waals surface area (Å²) in [4.78, 5) is 15.1. The van der Waals surface area contributed by atoms with Gasteiger partial charge in [0.15, 0.2) is 14.9 Å². The number of aromatic nitrogens is 2. The Kier molecular flexibility index (Phi) is 2.75. The van der Waals surface area contributed by atoms with Crippen molar-refractivity contribution in [2.45, 2.75) is 18.9 Å². The maximum absolute atomic E-state index is 11.4. The lowest BCUT2D eigenvalue weighted by Gasteiger charge is -2.04. The minimum atomic E-state index is -3.38. The molecule has 6 heteroatoms. The first kappa shape index (κ1) is 10.9. The molecule has 0 spiro atoms. The summed E-state index contributed by atoms with van der Waals surface area (Å²) in [5.41, 5.74) is -0.357. The molecular formula is C8H12N2O3S. The summed E-state index contributed by atoms with van der Waals surface area (Å²) in [5.74, 6) is 0.344. The summed E-state index contributed by atoms with van der Waals surface area (Å²) in [6, 6.07) is 1.05. The molecule has 0 N–H and O–H groups in total. The fraction of sp³-hybridized carbons (Fsp3) is 0.500. The summed E-state index contributed by atoms with van der Waals surface area (Å²) in [7, 11) is -1.84. The lowest BCUT2D eigenvalue weighted by Crippen LogP contribution is -2.22. The molecule has 0 radical (unpaired) electrons. The molecular weight excluding hydrogens is 204 g/mol. The summed E-state index contributed by atoms with van der Waals surface area (Å²) in [6.45, 7) is 3.11. The van der Waals surface area contributed by atoms with E-state index in [1.54, 1.807) is 14.0 Å². The first-order valence-corrected chi connectivity index (χ1v) is 5.81. The topological polar surface area (TPSA) is 69.0 Å². The van der Waals surface area contributed by atoms with Gasteiger partial charge in [-0.2, -0.15) is 0 Å². The summed E-state index contributed by atoms with van der Waals surface area (Å²) < 4.78 is 24.1. The van der Waals surface area contributed by atoms with Crippen LogP contribution in [0.1, 0.15) is 12.7 Å². The van der Waals surface area contributed by atoms with Crippen LogP contribution in [0.2, 0.25) is 0 Å². The van der Waals surface area contributed by atoms with E-state index in [0.717, 1.165) is 6.07 Å². The van der Waals surface area contributed by atoms with Gasteiger partial charge in [0.2, 0.25) is 0 Å². The Hall–Kier alpha value is -1.17. The average molecular weight is 216 g/mol. The number of hydrogen-bond acceptors (Lipinski definition) is 4. The molecule has 5 nitrogen and oxygen atoms in total. The Morgan fingerprint density at radius 3 is 2.50 bits per heavy atom. The minimum Gasteiger partial charge on any atom is -0.300 e. The van der Waals surface area contributed by atoms with Crippen LogP contribution in [0.4, 0.5) is 0 Å². The molecule has 78 valence electrons. The molecule has 1 aromatic rings. The molecule has 1 aromatic heterocycles. The SMILES string of the molecule is CCS(=O)(=O)c1cc(=O)n(C)c(C)n1. The molecule has 0 fully saturated rings. The Labute approximate surface area is 82.3 Å². The van der Waals surface area contributed by atoms with Crippen LogP contribution in [-0.2, 0) is 16.9 Å². The zero-order valence-corrected chi connectivity index (χ0v) is 9.13. The number of aryl methyl sites for hydroxylation is 1. The standard InChI is InChI=1S/C8H12N2O3S/c1-4-14(12,13)7-5-8(11)10(3)6(2)9-7/h5H,4H2,1-3H3. The van der Waals surface area contributed by atoms with Crippen LogP contribution in [0.15, 0.2) is 15.9 Å². The van der Waals surface area contributed by atoms with Gasteiger partial charge in [0.05, 0.1) is 5.75 Å². The van der Waals surface area contributed by atoms with E-state index < -0.39 is 9.84 Å². The maximum atomic E-state index is 11.4. The van der Waals surface area contributed by atoms with Crippen LogP contribution in [0.5, 0.6) is 0 Å². The first-order chi connectivity index (χ1) is 6.38. The molecule has 0 atom stereocenters. The van der Waals surface area contributed by atoms with Crippen molar-refractivity contribution in [2.24, 2.45) is 7.05 Å². The van der Waals surface area contributed by atoms with Crippen molar-refractivity contribution in [3.05, 3.63) is 22.2 Å². The molecule has 0 amide bonds. The highest BCUT2D eigenvalue weighted by Gasteiger charge is 2.15. The lowest BCUT2D eigenvalue weighted by atomic mass is 10.5. The van der Waals surface area contributed by atoms with E-state index >= 15 is 0 Å². The largest absolute Gasteiger partial charge is 0.300 e. The smallest absolute Gasteiger partial charge is 0.254 e. The highest BCUT2D eigenvalue weighted by atomic mass is 32.2. The van der Waals surface area contributed by atoms with Crippen LogP contribution in [0, 0.1) is 6.92 Å². The average Bonchev–Trinajstić information content (AvgIpc) is 2.13. The fourth-order valence-corrected chi connectivity index (χ4v) is 1.78. The first-order valence-electron chi connectivity index (χ1n) is 4.16. The normalized spacial score (nSPS) is 11.6. The van der Waals surface area contributed by atoms with Crippen molar-refractivity contribution >= 4 is 9.84 Å². The van der Waals surface area contributed by atoms with E-state index in [2.05, 4.69) is 4.98 Å². The minimum absolute atomic E-state index is 0.0490. The van der Waals surface area contributed by atoms with Crippen LogP contribution < -0.4 is 5.56 Å². The Balaban J connectivity index is 3.49. The summed E-state index contributed by atoms with van der Waals surface area (Å²) in [5, 5.41) is -0.138. The molecule has 0 bridgehead atoms. The van der Waals surface area contributed by atoms with Gasteiger partial charge < -0.3 is 0 Å². The Morgan fingerprint density at radius 2 is 2.07 bits per heavy atom. The van der Waals surface area contributed by atoms with Crippen LogP contribution in [-0.4, -0.2) is 23.7 Å². The third kappa shape index (κ3) is 1.84. The van der Waals surface area contributed by atoms with Gasteiger partial charge in [-0.25, -0.2) is 13.4 Å². The van der Waals surface area contributed by atoms with Gasteiger partial charge in [0.25, 0.3) is 5.56 Å². The van der Waals surface area contributed by atoms with Crippen molar-refractivity contribution in [3.63, 3.8) is 0 Å². The van der Waals surface area contributed by atoms with Crippen LogP contribution in [0.25, 0.3) is 0 Å². The van der Waals surface area contributed by atoms with Gasteiger partial charge in [0, 0.05) is 13.1 Å². The number of nitrogens with zero attached hydrogens (tertiary/aromatic N) is 2. The zero-order chi connectivity index (χ0) is 10.9. The second-order valence-corrected chi connectivity index (χ2v) is 5.17. The monoisotopic (exact) mass is 216 g/mol. The van der Waals surface area contributed by atoms with Crippen molar-refractivity contribution in [2.75, 3.05) is 5.75 Å². The van der Waals surface area contributed by atoms with E-state index in [-0.39, 0.29) is 16.3 Å². The molecule has 0 aliphatic rings. The van der Waals surface area contributed by atoms with Gasteiger partial charge >= 0.3 is 0 Å². The predicted octanol–water partition coefficient (Wildman–Crippen LogP) is -0.118. The van der Waals surface area contributed by atoms with Crippen molar-refractivity contribution < 1.29 is 8.42 Å². The molecule has 0 aliphatic carbocycles. The highest BCUT2D eigenvalue weighted by molar-refractivity contribution is 7.91. The summed E-state index contributed by atoms with van der Waals surface area (Å²) in [6.07, 6.45) is 0. The molecule has 0 aromatic carbocycles. The van der Waals surface area contributed by atoms with Gasteiger partial charge in [-0.1, -0.05) is 6.92 Å². The van der Waals surface area contributed by atoms with Gasteiger partial charge in [0.1, 0.15) is 5.82 Å². The van der Waals surface area contributed by atoms with Crippen LogP contribution >= 0.6 is 0 Å². The summed E-state index contributed by atoms with van der Waals surface area (Å²) >= 11 is 0. The van der Waals surface area contributed by atoms with Crippen molar-refractivity contribution in [3.8, 4) is 0 Å². The quantitative estimate of drug-likeness (QED) is 0.646.